The van der Waals surface area contributed by atoms with E-state index in [9.17, 15) is 4.79 Å². The Morgan fingerprint density at radius 2 is 1.90 bits per heavy atom. The maximum atomic E-state index is 12.9. The largest absolute Gasteiger partial charge is 0.361 e. The highest BCUT2D eigenvalue weighted by atomic mass is 16.1. The van der Waals surface area contributed by atoms with Gasteiger partial charge in [-0.05, 0) is 31.2 Å². The summed E-state index contributed by atoms with van der Waals surface area (Å²) < 4.78 is 1.75. The second kappa shape index (κ2) is 7.33. The molecule has 3 aromatic heterocycles. The number of para-hydroxylation sites is 1. The van der Waals surface area contributed by atoms with E-state index in [0.29, 0.717) is 23.4 Å². The molecule has 0 spiro atoms. The van der Waals surface area contributed by atoms with Crippen LogP contribution in [0.2, 0.25) is 0 Å². The van der Waals surface area contributed by atoms with Crippen LogP contribution in [0.4, 0.5) is 5.95 Å². The number of hydrogen-bond acceptors (Lipinski definition) is 5. The Morgan fingerprint density at radius 3 is 2.76 bits per heavy atom. The van der Waals surface area contributed by atoms with Crippen molar-refractivity contribution in [3.8, 4) is 0 Å². The van der Waals surface area contributed by atoms with Crippen LogP contribution in [0.5, 0.6) is 0 Å². The van der Waals surface area contributed by atoms with E-state index in [1.54, 1.807) is 10.8 Å². The summed E-state index contributed by atoms with van der Waals surface area (Å²) in [5.41, 5.74) is 3.02. The fourth-order valence-corrected chi connectivity index (χ4v) is 3.97. The zero-order valence-electron chi connectivity index (χ0n) is 16.5. The van der Waals surface area contributed by atoms with Gasteiger partial charge < -0.3 is 19.4 Å². The Morgan fingerprint density at radius 1 is 1.07 bits per heavy atom. The van der Waals surface area contributed by atoms with Gasteiger partial charge in [0.2, 0.25) is 5.95 Å². The lowest BCUT2D eigenvalue weighted by Gasteiger charge is -2.32. The molecular weight excluding hydrogens is 364 g/mol. The van der Waals surface area contributed by atoms with Crippen molar-refractivity contribution in [3.63, 3.8) is 0 Å². The lowest BCUT2D eigenvalue weighted by molar-refractivity contribution is 0.311. The number of pyridine rings is 1. The third-order valence-electron chi connectivity index (χ3n) is 5.79. The van der Waals surface area contributed by atoms with Gasteiger partial charge in [0.1, 0.15) is 0 Å². The molecule has 1 aliphatic rings. The summed E-state index contributed by atoms with van der Waals surface area (Å²) in [4.78, 5) is 29.9. The van der Waals surface area contributed by atoms with Crippen molar-refractivity contribution in [1.82, 2.24) is 24.4 Å². The standard InChI is InChI=1S/C22H24N6O/c1-26-10-12-28(13-11-26)22-24-15-18-20(25-22)7-9-27(21(18)29)8-6-16-14-23-19-5-3-2-4-17(16)19/h2-5,7,9,14-15,23H,6,8,10-13H2,1H3. The van der Waals surface area contributed by atoms with Crippen LogP contribution in [0.3, 0.4) is 0 Å². The van der Waals surface area contributed by atoms with E-state index in [2.05, 4.69) is 43.9 Å². The van der Waals surface area contributed by atoms with E-state index in [0.717, 1.165) is 38.1 Å². The van der Waals surface area contributed by atoms with Crippen LogP contribution in [-0.2, 0) is 13.0 Å². The third kappa shape index (κ3) is 3.38. The number of likely N-dealkylation sites (N-methyl/N-ethyl adjacent to an activating group) is 1. The van der Waals surface area contributed by atoms with Gasteiger partial charge in [0, 0.05) is 62.2 Å². The van der Waals surface area contributed by atoms with E-state index in [4.69, 9.17) is 0 Å². The second-order valence-electron chi connectivity index (χ2n) is 7.68. The summed E-state index contributed by atoms with van der Waals surface area (Å²) in [5, 5.41) is 1.78. The molecule has 5 rings (SSSR count). The molecule has 0 amide bonds. The summed E-state index contributed by atoms with van der Waals surface area (Å²) in [6.07, 6.45) is 6.35. The molecule has 29 heavy (non-hydrogen) atoms. The number of piperazine rings is 1. The molecule has 148 valence electrons. The van der Waals surface area contributed by atoms with E-state index in [-0.39, 0.29) is 5.56 Å². The molecule has 0 radical (unpaired) electrons. The van der Waals surface area contributed by atoms with Gasteiger partial charge in [-0.15, -0.1) is 0 Å². The third-order valence-corrected chi connectivity index (χ3v) is 5.79. The monoisotopic (exact) mass is 388 g/mol. The van der Waals surface area contributed by atoms with Crippen LogP contribution in [0.15, 0.2) is 53.7 Å². The van der Waals surface area contributed by atoms with Crippen LogP contribution in [0.25, 0.3) is 21.8 Å². The number of rotatable bonds is 4. The van der Waals surface area contributed by atoms with Crippen molar-refractivity contribution in [2.75, 3.05) is 38.1 Å². The van der Waals surface area contributed by atoms with Gasteiger partial charge >= 0.3 is 0 Å². The van der Waals surface area contributed by atoms with E-state index < -0.39 is 0 Å². The number of aromatic nitrogens is 4. The number of nitrogens with zero attached hydrogens (tertiary/aromatic N) is 5. The first-order valence-corrected chi connectivity index (χ1v) is 10.0. The number of aromatic amines is 1. The predicted octanol–water partition coefficient (Wildman–Crippen LogP) is 2.27. The Bertz CT molecular complexity index is 1220. The number of anilines is 1. The van der Waals surface area contributed by atoms with Crippen molar-refractivity contribution in [2.24, 2.45) is 0 Å². The van der Waals surface area contributed by atoms with E-state index in [1.165, 1.54) is 10.9 Å². The first kappa shape index (κ1) is 17.9. The van der Waals surface area contributed by atoms with Gasteiger partial charge in [0.25, 0.3) is 5.56 Å². The fourth-order valence-electron chi connectivity index (χ4n) is 3.97. The van der Waals surface area contributed by atoms with E-state index in [1.807, 2.05) is 30.6 Å². The van der Waals surface area contributed by atoms with Crippen LogP contribution < -0.4 is 10.5 Å². The zero-order valence-corrected chi connectivity index (χ0v) is 16.5. The van der Waals surface area contributed by atoms with Gasteiger partial charge in [-0.2, -0.15) is 0 Å². The highest BCUT2D eigenvalue weighted by Gasteiger charge is 2.17. The molecule has 1 aliphatic heterocycles. The number of nitrogens with one attached hydrogen (secondary N) is 1. The number of H-pyrrole nitrogens is 1. The topological polar surface area (TPSA) is 70.0 Å². The number of hydrogen-bond donors (Lipinski definition) is 1. The first-order chi connectivity index (χ1) is 14.2. The van der Waals surface area contributed by atoms with E-state index >= 15 is 0 Å². The lowest BCUT2D eigenvalue weighted by atomic mass is 10.1. The molecule has 1 fully saturated rings. The van der Waals surface area contributed by atoms with Gasteiger partial charge in [0.05, 0.1) is 10.9 Å². The normalized spacial score (nSPS) is 15.4. The Kier molecular flexibility index (Phi) is 4.52. The maximum absolute atomic E-state index is 12.9. The van der Waals surface area contributed by atoms with Gasteiger partial charge in [-0.1, -0.05) is 18.2 Å². The molecule has 4 aromatic rings. The van der Waals surface area contributed by atoms with Crippen molar-refractivity contribution in [1.29, 1.82) is 0 Å². The average molecular weight is 388 g/mol. The Labute approximate surface area is 168 Å². The van der Waals surface area contributed by atoms with Crippen LogP contribution >= 0.6 is 0 Å². The van der Waals surface area contributed by atoms with Crippen molar-refractivity contribution >= 4 is 27.8 Å². The molecule has 0 aliphatic carbocycles. The minimum absolute atomic E-state index is 0.0349. The summed E-state index contributed by atoms with van der Waals surface area (Å²) in [6, 6.07) is 10.2. The minimum atomic E-state index is -0.0349. The van der Waals surface area contributed by atoms with Crippen LogP contribution in [0.1, 0.15) is 5.56 Å². The lowest BCUT2D eigenvalue weighted by Crippen LogP contribution is -2.45. The maximum Gasteiger partial charge on any atom is 0.261 e. The Hall–Kier alpha value is -3.19. The number of benzene rings is 1. The second-order valence-corrected chi connectivity index (χ2v) is 7.68. The number of aryl methyl sites for hydroxylation is 2. The molecule has 1 N–H and O–H groups in total. The van der Waals surface area contributed by atoms with Gasteiger partial charge in [-0.25, -0.2) is 9.97 Å². The fraction of sp³-hybridized carbons (Fsp3) is 0.318. The summed E-state index contributed by atoms with van der Waals surface area (Å²) in [5.74, 6) is 0.710. The Balaban J connectivity index is 1.38. The zero-order chi connectivity index (χ0) is 19.8. The van der Waals surface area contributed by atoms with Crippen molar-refractivity contribution in [3.05, 3.63) is 64.8 Å². The first-order valence-electron chi connectivity index (χ1n) is 10.0. The quantitative estimate of drug-likeness (QED) is 0.581. The minimum Gasteiger partial charge on any atom is -0.361 e. The molecule has 0 saturated carbocycles. The molecule has 1 aromatic carbocycles. The molecular formula is C22H24N6O. The molecule has 0 atom stereocenters. The van der Waals surface area contributed by atoms with Crippen molar-refractivity contribution in [2.45, 2.75) is 13.0 Å². The molecule has 7 nitrogen and oxygen atoms in total. The SMILES string of the molecule is CN1CCN(c2ncc3c(=O)n(CCc4c[nH]c5ccccc45)ccc3n2)CC1. The highest BCUT2D eigenvalue weighted by Crippen LogP contribution is 2.19. The summed E-state index contributed by atoms with van der Waals surface area (Å²) in [7, 11) is 2.12. The van der Waals surface area contributed by atoms with Gasteiger partial charge in [0.15, 0.2) is 0 Å². The highest BCUT2D eigenvalue weighted by molar-refractivity contribution is 5.83. The predicted molar refractivity (Wildman–Crippen MR) is 116 cm³/mol. The molecule has 7 heteroatoms. The van der Waals surface area contributed by atoms with Crippen molar-refractivity contribution < 1.29 is 0 Å². The van der Waals surface area contributed by atoms with Gasteiger partial charge in [-0.3, -0.25) is 4.79 Å². The number of fused-ring (bicyclic) bond motifs is 2. The average Bonchev–Trinajstić information content (AvgIpc) is 3.17. The molecule has 0 unspecified atom stereocenters. The van der Waals surface area contributed by atoms with Crippen LogP contribution in [-0.4, -0.2) is 57.6 Å². The molecule has 4 heterocycles. The summed E-state index contributed by atoms with van der Waals surface area (Å²) in [6.45, 7) is 4.43. The smallest absolute Gasteiger partial charge is 0.261 e. The van der Waals surface area contributed by atoms with Crippen LogP contribution in [0, 0.1) is 0 Å². The summed E-state index contributed by atoms with van der Waals surface area (Å²) >= 11 is 0. The molecule has 0 bridgehead atoms. The molecule has 1 saturated heterocycles.